The topological polar surface area (TPSA) is 69.7 Å². The summed E-state index contributed by atoms with van der Waals surface area (Å²) in [5, 5.41) is 0. The number of esters is 2. The van der Waals surface area contributed by atoms with Crippen molar-refractivity contribution in [3.05, 3.63) is 59.2 Å². The number of Topliss-reactive ketones (excluding diaryl/α,β-unsaturated/α-hetero) is 1. The third-order valence-corrected chi connectivity index (χ3v) is 4.78. The fourth-order valence-corrected chi connectivity index (χ4v) is 3.32. The van der Waals surface area contributed by atoms with E-state index >= 15 is 0 Å². The molecule has 0 amide bonds. The zero-order chi connectivity index (χ0) is 20.7. The highest BCUT2D eigenvalue weighted by Gasteiger charge is 2.29. The molecule has 0 saturated heterocycles. The zero-order valence-corrected chi connectivity index (χ0v) is 16.8. The number of ether oxygens (including phenoxy) is 2. The van der Waals surface area contributed by atoms with Crippen LogP contribution in [-0.4, -0.2) is 31.9 Å². The van der Waals surface area contributed by atoms with Gasteiger partial charge >= 0.3 is 11.9 Å². The molecule has 0 aromatic heterocycles. The van der Waals surface area contributed by atoms with Crippen LogP contribution in [0.15, 0.2) is 42.5 Å². The van der Waals surface area contributed by atoms with Crippen molar-refractivity contribution in [1.29, 1.82) is 0 Å². The second-order valence-electron chi connectivity index (χ2n) is 6.64. The summed E-state index contributed by atoms with van der Waals surface area (Å²) in [6.07, 6.45) is 2.34. The van der Waals surface area contributed by atoms with Gasteiger partial charge in [0, 0.05) is 5.92 Å². The molecule has 1 unspecified atom stereocenters. The van der Waals surface area contributed by atoms with Crippen LogP contribution >= 0.6 is 0 Å². The van der Waals surface area contributed by atoms with Crippen LogP contribution in [0, 0.1) is 0 Å². The zero-order valence-electron chi connectivity index (χ0n) is 16.8. The van der Waals surface area contributed by atoms with Crippen molar-refractivity contribution >= 4 is 17.7 Å². The lowest BCUT2D eigenvalue weighted by atomic mass is 9.83. The van der Waals surface area contributed by atoms with Crippen LogP contribution in [0.5, 0.6) is 0 Å². The average Bonchev–Trinajstić information content (AvgIpc) is 2.72. The van der Waals surface area contributed by atoms with Crippen molar-refractivity contribution in [2.24, 2.45) is 0 Å². The van der Waals surface area contributed by atoms with Gasteiger partial charge in [0.15, 0.2) is 0 Å². The van der Waals surface area contributed by atoms with E-state index in [9.17, 15) is 14.4 Å². The molecule has 28 heavy (non-hydrogen) atoms. The lowest BCUT2D eigenvalue weighted by Gasteiger charge is -2.21. The Kier molecular flexibility index (Phi) is 7.50. The maximum Gasteiger partial charge on any atom is 0.339 e. The SMILES string of the molecule is CCCCC(C(C)=O)c1cc(-c2ccccc2)cc(C(=O)OC)c1C(=O)OC. The predicted octanol–water partition coefficient (Wildman–Crippen LogP) is 4.79. The first-order valence-electron chi connectivity index (χ1n) is 9.35. The smallest absolute Gasteiger partial charge is 0.339 e. The molecule has 0 aliphatic heterocycles. The molecule has 0 fully saturated rings. The van der Waals surface area contributed by atoms with E-state index in [-0.39, 0.29) is 16.9 Å². The molecule has 148 valence electrons. The van der Waals surface area contributed by atoms with Gasteiger partial charge in [0.05, 0.1) is 25.3 Å². The van der Waals surface area contributed by atoms with Crippen molar-refractivity contribution in [3.8, 4) is 11.1 Å². The Morgan fingerprint density at radius 1 is 0.929 bits per heavy atom. The lowest BCUT2D eigenvalue weighted by Crippen LogP contribution is -2.20. The van der Waals surface area contributed by atoms with Gasteiger partial charge in [-0.1, -0.05) is 50.1 Å². The summed E-state index contributed by atoms with van der Waals surface area (Å²) in [5.41, 5.74) is 2.34. The summed E-state index contributed by atoms with van der Waals surface area (Å²) in [4.78, 5) is 37.5. The minimum Gasteiger partial charge on any atom is -0.465 e. The van der Waals surface area contributed by atoms with E-state index in [1.807, 2.05) is 43.3 Å². The number of rotatable bonds is 8. The Morgan fingerprint density at radius 3 is 2.11 bits per heavy atom. The quantitative estimate of drug-likeness (QED) is 0.614. The maximum atomic E-state index is 12.6. The fourth-order valence-electron chi connectivity index (χ4n) is 3.32. The largest absolute Gasteiger partial charge is 0.465 e. The van der Waals surface area contributed by atoms with E-state index in [4.69, 9.17) is 9.47 Å². The third-order valence-electron chi connectivity index (χ3n) is 4.78. The van der Waals surface area contributed by atoms with E-state index in [0.29, 0.717) is 12.0 Å². The van der Waals surface area contributed by atoms with E-state index in [1.54, 1.807) is 6.07 Å². The van der Waals surface area contributed by atoms with Crippen LogP contribution in [-0.2, 0) is 14.3 Å². The van der Waals surface area contributed by atoms with Crippen LogP contribution in [0.1, 0.15) is 65.3 Å². The standard InChI is InChI=1S/C23H26O5/c1-5-6-12-18(15(2)24)19-13-17(16-10-8-7-9-11-16)14-20(22(25)27-3)21(19)23(26)28-4/h7-11,13-14,18H,5-6,12H2,1-4H3. The molecule has 0 saturated carbocycles. The molecule has 0 heterocycles. The van der Waals surface area contributed by atoms with E-state index < -0.39 is 17.9 Å². The van der Waals surface area contributed by atoms with E-state index in [0.717, 1.165) is 24.0 Å². The summed E-state index contributed by atoms with van der Waals surface area (Å²) in [6, 6.07) is 12.9. The number of methoxy groups -OCH3 is 2. The highest BCUT2D eigenvalue weighted by atomic mass is 16.5. The molecule has 0 bridgehead atoms. The van der Waals surface area contributed by atoms with Crippen molar-refractivity contribution in [1.82, 2.24) is 0 Å². The molecule has 5 heteroatoms. The second-order valence-corrected chi connectivity index (χ2v) is 6.64. The lowest BCUT2D eigenvalue weighted by molar-refractivity contribution is -0.118. The summed E-state index contributed by atoms with van der Waals surface area (Å²) < 4.78 is 9.84. The van der Waals surface area contributed by atoms with Crippen molar-refractivity contribution in [2.75, 3.05) is 14.2 Å². The Morgan fingerprint density at radius 2 is 1.57 bits per heavy atom. The summed E-state index contributed by atoms with van der Waals surface area (Å²) in [5.74, 6) is -1.85. The average molecular weight is 382 g/mol. The predicted molar refractivity (Wildman–Crippen MR) is 108 cm³/mol. The van der Waals surface area contributed by atoms with E-state index in [2.05, 4.69) is 0 Å². The first-order chi connectivity index (χ1) is 13.4. The molecule has 0 radical (unpaired) electrons. The number of hydrogen-bond acceptors (Lipinski definition) is 5. The molecule has 2 aromatic rings. The van der Waals surface area contributed by atoms with Crippen LogP contribution in [0.2, 0.25) is 0 Å². The van der Waals surface area contributed by atoms with Crippen LogP contribution in [0.3, 0.4) is 0 Å². The Balaban J connectivity index is 2.82. The number of benzene rings is 2. The minimum atomic E-state index is -0.655. The summed E-state index contributed by atoms with van der Waals surface area (Å²) in [7, 11) is 2.52. The molecule has 0 N–H and O–H groups in total. The molecule has 0 aliphatic rings. The molecule has 2 rings (SSSR count). The van der Waals surface area contributed by atoms with Gasteiger partial charge in [-0.2, -0.15) is 0 Å². The van der Waals surface area contributed by atoms with Gasteiger partial charge in [0.25, 0.3) is 0 Å². The Labute approximate surface area is 165 Å². The summed E-state index contributed by atoms with van der Waals surface area (Å²) >= 11 is 0. The minimum absolute atomic E-state index is 0.0559. The number of ketones is 1. The monoisotopic (exact) mass is 382 g/mol. The van der Waals surface area contributed by atoms with Crippen molar-refractivity contribution < 1.29 is 23.9 Å². The molecular weight excluding hydrogens is 356 g/mol. The van der Waals surface area contributed by atoms with Gasteiger partial charge in [-0.3, -0.25) is 4.79 Å². The molecule has 5 nitrogen and oxygen atoms in total. The third kappa shape index (κ3) is 4.66. The highest BCUT2D eigenvalue weighted by molar-refractivity contribution is 6.06. The fraction of sp³-hybridized carbons (Fsp3) is 0.348. The molecule has 2 aromatic carbocycles. The second kappa shape index (κ2) is 9.83. The molecule has 1 atom stereocenters. The van der Waals surface area contributed by atoms with E-state index in [1.165, 1.54) is 21.1 Å². The van der Waals surface area contributed by atoms with Crippen LogP contribution < -0.4 is 0 Å². The van der Waals surface area contributed by atoms with Crippen molar-refractivity contribution in [2.45, 2.75) is 39.0 Å². The molecule has 0 aliphatic carbocycles. The van der Waals surface area contributed by atoms with Gasteiger partial charge < -0.3 is 9.47 Å². The van der Waals surface area contributed by atoms with Crippen LogP contribution in [0.25, 0.3) is 11.1 Å². The van der Waals surface area contributed by atoms with Gasteiger partial charge in [-0.15, -0.1) is 0 Å². The van der Waals surface area contributed by atoms with Crippen molar-refractivity contribution in [3.63, 3.8) is 0 Å². The van der Waals surface area contributed by atoms with Gasteiger partial charge in [0.1, 0.15) is 5.78 Å². The van der Waals surface area contributed by atoms with Gasteiger partial charge in [-0.05, 0) is 42.2 Å². The van der Waals surface area contributed by atoms with Crippen LogP contribution in [0.4, 0.5) is 0 Å². The first-order valence-corrected chi connectivity index (χ1v) is 9.35. The maximum absolute atomic E-state index is 12.6. The number of carbonyl (C=O) groups is 3. The van der Waals surface area contributed by atoms with Gasteiger partial charge in [-0.25, -0.2) is 9.59 Å². The Hall–Kier alpha value is -2.95. The number of unbranched alkanes of at least 4 members (excludes halogenated alkanes) is 1. The number of carbonyl (C=O) groups excluding carboxylic acids is 3. The molecule has 0 spiro atoms. The summed E-state index contributed by atoms with van der Waals surface area (Å²) in [6.45, 7) is 3.55. The highest BCUT2D eigenvalue weighted by Crippen LogP contribution is 2.34. The normalized spacial score (nSPS) is 11.6. The number of hydrogen-bond donors (Lipinski definition) is 0. The van der Waals surface area contributed by atoms with Gasteiger partial charge in [0.2, 0.25) is 0 Å². The molecular formula is C23H26O5. The first kappa shape index (κ1) is 21.4. The Bertz CT molecular complexity index is 855.